The highest BCUT2D eigenvalue weighted by Crippen LogP contribution is 2.19. The van der Waals surface area contributed by atoms with Gasteiger partial charge in [-0.3, -0.25) is 4.79 Å². The SMILES string of the molecule is CCN(Cc1cccc(Cl)c1)C(=O)C1CCOCC1. The fourth-order valence-electron chi connectivity index (χ4n) is 2.40. The van der Waals surface area contributed by atoms with Crippen LogP contribution in [0.3, 0.4) is 0 Å². The van der Waals surface area contributed by atoms with Crippen LogP contribution >= 0.6 is 11.6 Å². The Morgan fingerprint density at radius 2 is 2.16 bits per heavy atom. The van der Waals surface area contributed by atoms with Gasteiger partial charge in [-0.1, -0.05) is 23.7 Å². The molecule has 3 nitrogen and oxygen atoms in total. The van der Waals surface area contributed by atoms with E-state index in [1.54, 1.807) is 0 Å². The lowest BCUT2D eigenvalue weighted by Crippen LogP contribution is -2.38. The van der Waals surface area contributed by atoms with Gasteiger partial charge in [-0.25, -0.2) is 0 Å². The smallest absolute Gasteiger partial charge is 0.226 e. The van der Waals surface area contributed by atoms with Crippen molar-refractivity contribution in [2.24, 2.45) is 5.92 Å². The van der Waals surface area contributed by atoms with E-state index >= 15 is 0 Å². The number of nitrogens with zero attached hydrogens (tertiary/aromatic N) is 1. The van der Waals surface area contributed by atoms with Gasteiger partial charge in [0, 0.05) is 37.2 Å². The largest absolute Gasteiger partial charge is 0.381 e. The third-order valence-electron chi connectivity index (χ3n) is 3.53. The van der Waals surface area contributed by atoms with Crippen molar-refractivity contribution in [1.29, 1.82) is 0 Å². The molecule has 1 fully saturated rings. The second-order valence-corrected chi connectivity index (χ2v) is 5.31. The normalized spacial score (nSPS) is 16.3. The fraction of sp³-hybridized carbons (Fsp3) is 0.533. The second kappa shape index (κ2) is 6.92. The molecule has 0 radical (unpaired) electrons. The summed E-state index contributed by atoms with van der Waals surface area (Å²) in [6, 6.07) is 7.69. The van der Waals surface area contributed by atoms with E-state index in [-0.39, 0.29) is 11.8 Å². The molecule has 104 valence electrons. The monoisotopic (exact) mass is 281 g/mol. The van der Waals surface area contributed by atoms with Crippen LogP contribution in [-0.2, 0) is 16.1 Å². The predicted octanol–water partition coefficient (Wildman–Crippen LogP) is 3.12. The highest BCUT2D eigenvalue weighted by atomic mass is 35.5. The molecule has 19 heavy (non-hydrogen) atoms. The highest BCUT2D eigenvalue weighted by molar-refractivity contribution is 6.30. The van der Waals surface area contributed by atoms with Crippen LogP contribution in [0.4, 0.5) is 0 Å². The first-order valence-corrected chi connectivity index (χ1v) is 7.19. The summed E-state index contributed by atoms with van der Waals surface area (Å²) in [7, 11) is 0. The van der Waals surface area contributed by atoms with Crippen LogP contribution in [0, 0.1) is 5.92 Å². The van der Waals surface area contributed by atoms with Crippen LogP contribution in [0.15, 0.2) is 24.3 Å². The summed E-state index contributed by atoms with van der Waals surface area (Å²) in [5.41, 5.74) is 1.08. The molecule has 1 aliphatic rings. The molecule has 0 aliphatic carbocycles. The molecule has 4 heteroatoms. The summed E-state index contributed by atoms with van der Waals surface area (Å²) in [5.74, 6) is 0.360. The zero-order valence-electron chi connectivity index (χ0n) is 11.3. The molecule has 0 unspecified atom stereocenters. The number of benzene rings is 1. The first-order valence-electron chi connectivity index (χ1n) is 6.81. The Kier molecular flexibility index (Phi) is 5.23. The van der Waals surface area contributed by atoms with Gasteiger partial charge in [0.2, 0.25) is 5.91 Å². The topological polar surface area (TPSA) is 29.5 Å². The highest BCUT2D eigenvalue weighted by Gasteiger charge is 2.25. The first kappa shape index (κ1) is 14.4. The number of halogens is 1. The van der Waals surface area contributed by atoms with Gasteiger partial charge in [-0.2, -0.15) is 0 Å². The quantitative estimate of drug-likeness (QED) is 0.849. The van der Waals surface area contributed by atoms with E-state index in [4.69, 9.17) is 16.3 Å². The minimum absolute atomic E-state index is 0.118. The minimum Gasteiger partial charge on any atom is -0.381 e. The molecule has 1 aliphatic heterocycles. The van der Waals surface area contributed by atoms with Crippen molar-refractivity contribution in [3.63, 3.8) is 0 Å². The van der Waals surface area contributed by atoms with Crippen LogP contribution in [-0.4, -0.2) is 30.6 Å². The van der Waals surface area contributed by atoms with E-state index in [0.29, 0.717) is 24.8 Å². The van der Waals surface area contributed by atoms with Gasteiger partial charge in [0.05, 0.1) is 0 Å². The van der Waals surface area contributed by atoms with Crippen molar-refractivity contribution in [1.82, 2.24) is 4.90 Å². The lowest BCUT2D eigenvalue weighted by molar-refractivity contribution is -0.138. The van der Waals surface area contributed by atoms with Gasteiger partial charge in [-0.15, -0.1) is 0 Å². The lowest BCUT2D eigenvalue weighted by atomic mass is 9.98. The van der Waals surface area contributed by atoms with E-state index in [0.717, 1.165) is 24.9 Å². The predicted molar refractivity (Wildman–Crippen MR) is 76.1 cm³/mol. The van der Waals surface area contributed by atoms with Gasteiger partial charge in [0.1, 0.15) is 0 Å². The third-order valence-corrected chi connectivity index (χ3v) is 3.76. The lowest BCUT2D eigenvalue weighted by Gasteiger charge is -2.28. The molecule has 0 N–H and O–H groups in total. The van der Waals surface area contributed by atoms with Crippen LogP contribution in [0.2, 0.25) is 5.02 Å². The van der Waals surface area contributed by atoms with Crippen molar-refractivity contribution >= 4 is 17.5 Å². The molecule has 0 saturated carbocycles. The number of ether oxygens (including phenoxy) is 1. The molecule has 2 rings (SSSR count). The van der Waals surface area contributed by atoms with E-state index in [1.807, 2.05) is 36.1 Å². The Labute approximate surface area is 119 Å². The van der Waals surface area contributed by atoms with Gasteiger partial charge < -0.3 is 9.64 Å². The van der Waals surface area contributed by atoms with Crippen molar-refractivity contribution in [2.45, 2.75) is 26.3 Å². The number of hydrogen-bond acceptors (Lipinski definition) is 2. The molecule has 0 bridgehead atoms. The molecular weight excluding hydrogens is 262 g/mol. The summed E-state index contributed by atoms with van der Waals surface area (Å²) < 4.78 is 5.31. The maximum absolute atomic E-state index is 12.5. The number of carbonyl (C=O) groups is 1. The van der Waals surface area contributed by atoms with Gasteiger partial charge in [-0.05, 0) is 37.5 Å². The van der Waals surface area contributed by atoms with Crippen LogP contribution in [0.25, 0.3) is 0 Å². The second-order valence-electron chi connectivity index (χ2n) is 4.87. The van der Waals surface area contributed by atoms with Gasteiger partial charge in [0.15, 0.2) is 0 Å². The Morgan fingerprint density at radius 3 is 2.79 bits per heavy atom. The molecule has 0 spiro atoms. The maximum Gasteiger partial charge on any atom is 0.226 e. The van der Waals surface area contributed by atoms with Gasteiger partial charge in [0.25, 0.3) is 0 Å². The van der Waals surface area contributed by atoms with Crippen molar-refractivity contribution < 1.29 is 9.53 Å². The molecule has 0 aromatic heterocycles. The Bertz CT molecular complexity index is 430. The van der Waals surface area contributed by atoms with E-state index in [2.05, 4.69) is 0 Å². The molecule has 1 amide bonds. The Balaban J connectivity index is 2.00. The fourth-order valence-corrected chi connectivity index (χ4v) is 2.62. The van der Waals surface area contributed by atoms with E-state index < -0.39 is 0 Å². The van der Waals surface area contributed by atoms with Gasteiger partial charge >= 0.3 is 0 Å². The molecule has 1 saturated heterocycles. The summed E-state index contributed by atoms with van der Waals surface area (Å²) in [5, 5.41) is 0.715. The summed E-state index contributed by atoms with van der Waals surface area (Å²) in [6.07, 6.45) is 1.68. The average Bonchev–Trinajstić information content (AvgIpc) is 2.45. The Morgan fingerprint density at radius 1 is 1.42 bits per heavy atom. The minimum atomic E-state index is 0.118. The molecule has 1 aromatic carbocycles. The third kappa shape index (κ3) is 3.95. The van der Waals surface area contributed by atoms with Crippen molar-refractivity contribution in [3.8, 4) is 0 Å². The molecule has 0 atom stereocenters. The van der Waals surface area contributed by atoms with Crippen molar-refractivity contribution in [3.05, 3.63) is 34.9 Å². The van der Waals surface area contributed by atoms with Crippen molar-refractivity contribution in [2.75, 3.05) is 19.8 Å². The number of carbonyl (C=O) groups excluding carboxylic acids is 1. The van der Waals surface area contributed by atoms with E-state index in [1.165, 1.54) is 0 Å². The molecule has 1 aromatic rings. The first-order chi connectivity index (χ1) is 9.20. The zero-order chi connectivity index (χ0) is 13.7. The average molecular weight is 282 g/mol. The summed E-state index contributed by atoms with van der Waals surface area (Å²) in [6.45, 7) is 4.77. The maximum atomic E-state index is 12.5. The Hall–Kier alpha value is -1.06. The number of amides is 1. The van der Waals surface area contributed by atoms with E-state index in [9.17, 15) is 4.79 Å². The van der Waals surface area contributed by atoms with Crippen LogP contribution in [0.5, 0.6) is 0 Å². The molecule has 1 heterocycles. The summed E-state index contributed by atoms with van der Waals surface area (Å²) in [4.78, 5) is 14.4. The standard InChI is InChI=1S/C15H20ClNO2/c1-2-17(11-12-4-3-5-14(16)10-12)15(18)13-6-8-19-9-7-13/h3-5,10,13H,2,6-9,11H2,1H3. The zero-order valence-corrected chi connectivity index (χ0v) is 12.0. The number of hydrogen-bond donors (Lipinski definition) is 0. The van der Waals surface area contributed by atoms with Crippen LogP contribution in [0.1, 0.15) is 25.3 Å². The number of rotatable bonds is 4. The molecular formula is C15H20ClNO2. The van der Waals surface area contributed by atoms with Crippen LogP contribution < -0.4 is 0 Å². The summed E-state index contributed by atoms with van der Waals surface area (Å²) >= 11 is 5.98.